The number of fused-ring (bicyclic) bond motifs is 2. The number of ether oxygens (including phenoxy) is 1. The molecule has 0 radical (unpaired) electrons. The van der Waals surface area contributed by atoms with Gasteiger partial charge in [-0.3, -0.25) is 0 Å². The lowest BCUT2D eigenvalue weighted by Gasteiger charge is -2.31. The predicted molar refractivity (Wildman–Crippen MR) is 111 cm³/mol. The van der Waals surface area contributed by atoms with E-state index in [9.17, 15) is 4.39 Å². The molecule has 156 valence electrons. The lowest BCUT2D eigenvalue weighted by atomic mass is 9.91. The summed E-state index contributed by atoms with van der Waals surface area (Å²) in [6, 6.07) is 10.5. The van der Waals surface area contributed by atoms with E-state index in [1.165, 1.54) is 12.1 Å². The van der Waals surface area contributed by atoms with E-state index < -0.39 is 0 Å². The fraction of sp³-hybridized carbons (Fsp3) is 0.409. The lowest BCUT2D eigenvalue weighted by Crippen LogP contribution is -2.34. The molecule has 1 aliphatic heterocycles. The summed E-state index contributed by atoms with van der Waals surface area (Å²) >= 11 is 0. The molecule has 0 aliphatic carbocycles. The average Bonchev–Trinajstić information content (AvgIpc) is 3.37. The molecule has 0 saturated carbocycles. The summed E-state index contributed by atoms with van der Waals surface area (Å²) in [5.74, 6) is 0.884. The molecule has 1 saturated heterocycles. The molecular weight excluding hydrogens is 385 g/mol. The summed E-state index contributed by atoms with van der Waals surface area (Å²) in [5, 5.41) is 13.7. The molecule has 30 heavy (non-hydrogen) atoms. The SMILES string of the molecule is COc1ccc2nnn(CCCN3CCC(c4noc5cc(F)ccc45)CC3)c2c1. The second-order valence-electron chi connectivity index (χ2n) is 7.84. The van der Waals surface area contributed by atoms with Crippen molar-refractivity contribution in [3.05, 3.63) is 47.9 Å². The van der Waals surface area contributed by atoms with E-state index in [1.807, 2.05) is 22.9 Å². The van der Waals surface area contributed by atoms with Crippen LogP contribution < -0.4 is 4.74 Å². The van der Waals surface area contributed by atoms with Crippen LogP contribution in [0.25, 0.3) is 22.0 Å². The Morgan fingerprint density at radius 3 is 2.83 bits per heavy atom. The van der Waals surface area contributed by atoms with E-state index in [1.54, 1.807) is 13.2 Å². The molecule has 4 aromatic rings. The highest BCUT2D eigenvalue weighted by Crippen LogP contribution is 2.32. The Morgan fingerprint density at radius 1 is 1.13 bits per heavy atom. The van der Waals surface area contributed by atoms with Gasteiger partial charge < -0.3 is 14.2 Å². The number of benzene rings is 2. The van der Waals surface area contributed by atoms with Gasteiger partial charge in [-0.15, -0.1) is 5.10 Å². The summed E-state index contributed by atoms with van der Waals surface area (Å²) in [5.41, 5.74) is 3.38. The fourth-order valence-corrected chi connectivity index (χ4v) is 4.34. The molecule has 2 aromatic heterocycles. The third kappa shape index (κ3) is 3.63. The number of methoxy groups -OCH3 is 1. The van der Waals surface area contributed by atoms with E-state index >= 15 is 0 Å². The summed E-state index contributed by atoms with van der Waals surface area (Å²) in [6.07, 6.45) is 3.07. The Hall–Kier alpha value is -3.00. The highest BCUT2D eigenvalue weighted by molar-refractivity contribution is 5.80. The summed E-state index contributed by atoms with van der Waals surface area (Å²) in [6.45, 7) is 3.88. The highest BCUT2D eigenvalue weighted by atomic mass is 19.1. The van der Waals surface area contributed by atoms with Crippen LogP contribution in [0.4, 0.5) is 4.39 Å². The summed E-state index contributed by atoms with van der Waals surface area (Å²) in [4.78, 5) is 2.48. The van der Waals surface area contributed by atoms with Gasteiger partial charge in [-0.2, -0.15) is 0 Å². The number of rotatable bonds is 6. The maximum Gasteiger partial charge on any atom is 0.170 e. The van der Waals surface area contributed by atoms with Crippen LogP contribution >= 0.6 is 0 Å². The van der Waals surface area contributed by atoms with E-state index in [0.717, 1.165) is 73.3 Å². The van der Waals surface area contributed by atoms with Gasteiger partial charge in [-0.1, -0.05) is 10.4 Å². The number of hydrogen-bond donors (Lipinski definition) is 0. The highest BCUT2D eigenvalue weighted by Gasteiger charge is 2.25. The molecular formula is C22H24FN5O2. The Bertz CT molecular complexity index is 1160. The first-order valence-electron chi connectivity index (χ1n) is 10.4. The van der Waals surface area contributed by atoms with Gasteiger partial charge in [-0.05, 0) is 63.2 Å². The van der Waals surface area contributed by atoms with Crippen molar-refractivity contribution in [1.82, 2.24) is 25.1 Å². The van der Waals surface area contributed by atoms with Crippen LogP contribution in [-0.4, -0.2) is 51.8 Å². The molecule has 0 amide bonds. The zero-order valence-corrected chi connectivity index (χ0v) is 16.9. The van der Waals surface area contributed by atoms with Crippen molar-refractivity contribution in [3.63, 3.8) is 0 Å². The average molecular weight is 409 g/mol. The normalized spacial score (nSPS) is 15.9. The minimum absolute atomic E-state index is 0.293. The molecule has 0 spiro atoms. The zero-order valence-electron chi connectivity index (χ0n) is 16.9. The van der Waals surface area contributed by atoms with Crippen LogP contribution in [0.15, 0.2) is 40.9 Å². The topological polar surface area (TPSA) is 69.2 Å². The number of piperidine rings is 1. The smallest absolute Gasteiger partial charge is 0.170 e. The van der Waals surface area contributed by atoms with Crippen LogP contribution in [-0.2, 0) is 6.54 Å². The van der Waals surface area contributed by atoms with Crippen molar-refractivity contribution < 1.29 is 13.7 Å². The number of nitrogens with zero attached hydrogens (tertiary/aromatic N) is 5. The number of likely N-dealkylation sites (tertiary alicyclic amines) is 1. The van der Waals surface area contributed by atoms with Gasteiger partial charge in [0.2, 0.25) is 0 Å². The van der Waals surface area contributed by atoms with Gasteiger partial charge in [-0.25, -0.2) is 9.07 Å². The predicted octanol–water partition coefficient (Wildman–Crippen LogP) is 3.99. The van der Waals surface area contributed by atoms with E-state index in [0.29, 0.717) is 11.5 Å². The van der Waals surface area contributed by atoms with E-state index in [-0.39, 0.29) is 5.82 Å². The number of aryl methyl sites for hydroxylation is 1. The van der Waals surface area contributed by atoms with E-state index in [4.69, 9.17) is 9.26 Å². The molecule has 1 fully saturated rings. The molecule has 5 rings (SSSR count). The molecule has 8 heteroatoms. The maximum atomic E-state index is 13.4. The monoisotopic (exact) mass is 409 g/mol. The molecule has 0 atom stereocenters. The Morgan fingerprint density at radius 2 is 2.00 bits per heavy atom. The van der Waals surface area contributed by atoms with Gasteiger partial charge >= 0.3 is 0 Å². The standard InChI is InChI=1S/C22H24FN5O2/c1-29-17-4-6-19-20(14-17)28(26-24-19)10-2-9-27-11-7-15(8-12-27)22-18-5-3-16(23)13-21(18)30-25-22/h3-6,13-15H,2,7-12H2,1H3. The van der Waals surface area contributed by atoms with Crippen LogP contribution in [0.2, 0.25) is 0 Å². The zero-order chi connectivity index (χ0) is 20.5. The Balaban J connectivity index is 1.16. The molecule has 0 N–H and O–H groups in total. The number of aromatic nitrogens is 4. The first-order chi connectivity index (χ1) is 14.7. The van der Waals surface area contributed by atoms with Gasteiger partial charge in [0.15, 0.2) is 5.58 Å². The largest absolute Gasteiger partial charge is 0.497 e. The van der Waals surface area contributed by atoms with Gasteiger partial charge in [0.1, 0.15) is 17.1 Å². The minimum atomic E-state index is -0.293. The summed E-state index contributed by atoms with van der Waals surface area (Å²) < 4.78 is 26.0. The molecule has 1 aliphatic rings. The Labute approximate surface area is 173 Å². The van der Waals surface area contributed by atoms with Gasteiger partial charge in [0.05, 0.1) is 18.3 Å². The molecule has 0 bridgehead atoms. The van der Waals surface area contributed by atoms with Crippen molar-refractivity contribution >= 4 is 22.0 Å². The fourth-order valence-electron chi connectivity index (χ4n) is 4.34. The second kappa shape index (κ2) is 8.02. The molecule has 3 heterocycles. The van der Waals surface area contributed by atoms with Crippen molar-refractivity contribution in [1.29, 1.82) is 0 Å². The summed E-state index contributed by atoms with van der Waals surface area (Å²) in [7, 11) is 1.67. The van der Waals surface area contributed by atoms with Crippen LogP contribution in [0.5, 0.6) is 5.75 Å². The second-order valence-corrected chi connectivity index (χ2v) is 7.84. The van der Waals surface area contributed by atoms with E-state index in [2.05, 4.69) is 20.4 Å². The van der Waals surface area contributed by atoms with Gasteiger partial charge in [0, 0.05) is 30.0 Å². The first kappa shape index (κ1) is 19.0. The van der Waals surface area contributed by atoms with Crippen molar-refractivity contribution in [2.24, 2.45) is 0 Å². The minimum Gasteiger partial charge on any atom is -0.497 e. The van der Waals surface area contributed by atoms with Crippen molar-refractivity contribution in [2.45, 2.75) is 31.7 Å². The number of hydrogen-bond acceptors (Lipinski definition) is 6. The third-order valence-corrected chi connectivity index (χ3v) is 6.00. The number of halogens is 1. The third-order valence-electron chi connectivity index (χ3n) is 6.00. The molecule has 0 unspecified atom stereocenters. The molecule has 7 nitrogen and oxygen atoms in total. The van der Waals surface area contributed by atoms with Crippen LogP contribution in [0, 0.1) is 5.82 Å². The van der Waals surface area contributed by atoms with Gasteiger partial charge in [0.25, 0.3) is 0 Å². The van der Waals surface area contributed by atoms with Crippen LogP contribution in [0.1, 0.15) is 30.9 Å². The quantitative estimate of drug-likeness (QED) is 0.480. The van der Waals surface area contributed by atoms with Crippen molar-refractivity contribution in [2.75, 3.05) is 26.7 Å². The first-order valence-corrected chi connectivity index (χ1v) is 10.4. The maximum absolute atomic E-state index is 13.4. The lowest BCUT2D eigenvalue weighted by molar-refractivity contribution is 0.203. The molecule has 2 aromatic carbocycles. The van der Waals surface area contributed by atoms with Crippen molar-refractivity contribution in [3.8, 4) is 5.75 Å². The Kier molecular flexibility index (Phi) is 5.08. The van der Waals surface area contributed by atoms with Crippen LogP contribution in [0.3, 0.4) is 0 Å².